The highest BCUT2D eigenvalue weighted by Gasteiger charge is 2.37. The van der Waals surface area contributed by atoms with Gasteiger partial charge in [0, 0.05) is 16.7 Å². The van der Waals surface area contributed by atoms with Crippen LogP contribution in [-0.4, -0.2) is 11.9 Å². The predicted molar refractivity (Wildman–Crippen MR) is 262 cm³/mol. The fraction of sp³-hybridized carbons (Fsp3) is 0.100. The van der Waals surface area contributed by atoms with E-state index in [1.807, 2.05) is 0 Å². The van der Waals surface area contributed by atoms with Crippen LogP contribution in [-0.2, 0) is 5.41 Å². The van der Waals surface area contributed by atoms with Crippen molar-refractivity contribution < 1.29 is 0 Å². The average molecular weight is 795 g/mol. The van der Waals surface area contributed by atoms with Crippen LogP contribution >= 0.6 is 0 Å². The summed E-state index contributed by atoms with van der Waals surface area (Å²) in [6, 6.07) is 74.5. The molecule has 1 heterocycles. The lowest BCUT2D eigenvalue weighted by molar-refractivity contribution is 0.176. The number of likely N-dealkylation sites (N-methyl/N-ethyl adjacent to an activating group) is 1. The third kappa shape index (κ3) is 5.67. The molecule has 12 rings (SSSR count). The number of hydrogen-bond donors (Lipinski definition) is 1. The first-order chi connectivity index (χ1) is 30.4. The Morgan fingerprint density at radius 1 is 0.403 bits per heavy atom. The van der Waals surface area contributed by atoms with Crippen molar-refractivity contribution in [1.29, 1.82) is 0 Å². The van der Waals surface area contributed by atoms with Crippen LogP contribution in [0.2, 0.25) is 0 Å². The van der Waals surface area contributed by atoms with E-state index in [4.69, 9.17) is 0 Å². The highest BCUT2D eigenvalue weighted by molar-refractivity contribution is 6.14. The topological polar surface area (TPSA) is 15.3 Å². The summed E-state index contributed by atoms with van der Waals surface area (Å²) in [6.45, 7) is 4.76. The summed E-state index contributed by atoms with van der Waals surface area (Å²) < 4.78 is 0. The number of nitrogens with zero attached hydrogens (tertiary/aromatic N) is 1. The van der Waals surface area contributed by atoms with E-state index in [1.54, 1.807) is 0 Å². The molecular weight excluding hydrogens is 749 g/mol. The Morgan fingerprint density at radius 2 is 0.984 bits per heavy atom. The van der Waals surface area contributed by atoms with E-state index >= 15 is 0 Å². The van der Waals surface area contributed by atoms with Crippen LogP contribution in [0.1, 0.15) is 53.9 Å². The van der Waals surface area contributed by atoms with Crippen LogP contribution in [0.4, 0.5) is 0 Å². The summed E-state index contributed by atoms with van der Waals surface area (Å²) in [5.74, 6) is 0. The summed E-state index contributed by atoms with van der Waals surface area (Å²) in [4.78, 5) is 2.50. The normalized spacial score (nSPS) is 16.9. The molecule has 10 aromatic rings. The van der Waals surface area contributed by atoms with Gasteiger partial charge in [-0.05, 0) is 118 Å². The van der Waals surface area contributed by atoms with Crippen LogP contribution in [0.5, 0.6) is 0 Å². The molecule has 0 saturated carbocycles. The van der Waals surface area contributed by atoms with Gasteiger partial charge in [-0.25, -0.2) is 0 Å². The quantitative estimate of drug-likeness (QED) is 0.175. The van der Waals surface area contributed by atoms with Gasteiger partial charge in [-0.15, -0.1) is 0 Å². The van der Waals surface area contributed by atoms with Crippen LogP contribution in [0, 0.1) is 0 Å². The summed E-state index contributed by atoms with van der Waals surface area (Å²) in [5.41, 5.74) is 15.1. The smallest absolute Gasteiger partial charge is 0.106 e. The van der Waals surface area contributed by atoms with Crippen LogP contribution in [0.25, 0.3) is 82.2 Å². The molecule has 62 heavy (non-hydrogen) atoms. The lowest BCUT2D eigenvalue weighted by atomic mass is 9.81. The molecule has 10 aromatic carbocycles. The molecule has 2 atom stereocenters. The number of rotatable bonds is 5. The molecule has 2 heteroatoms. The van der Waals surface area contributed by atoms with Gasteiger partial charge in [0.1, 0.15) is 6.17 Å². The predicted octanol–water partition coefficient (Wildman–Crippen LogP) is 15.3. The largest absolute Gasteiger partial charge is 0.366 e. The van der Waals surface area contributed by atoms with E-state index in [0.717, 1.165) is 5.70 Å². The lowest BCUT2D eigenvalue weighted by Crippen LogP contribution is -2.41. The summed E-state index contributed by atoms with van der Waals surface area (Å²) >= 11 is 0. The number of hydrogen-bond acceptors (Lipinski definition) is 2. The molecule has 0 bridgehead atoms. The van der Waals surface area contributed by atoms with Crippen LogP contribution in [0.15, 0.2) is 206 Å². The van der Waals surface area contributed by atoms with E-state index < -0.39 is 0 Å². The Hall–Kier alpha value is -7.26. The maximum atomic E-state index is 4.13. The fourth-order valence-corrected chi connectivity index (χ4v) is 10.8. The van der Waals surface area contributed by atoms with Gasteiger partial charge in [0.05, 0.1) is 6.04 Å². The Balaban J connectivity index is 1.10. The van der Waals surface area contributed by atoms with Crippen molar-refractivity contribution in [3.8, 4) is 33.4 Å². The Bertz CT molecular complexity index is 3450. The van der Waals surface area contributed by atoms with Gasteiger partial charge in [-0.1, -0.05) is 208 Å². The van der Waals surface area contributed by atoms with Crippen molar-refractivity contribution in [2.45, 2.75) is 31.5 Å². The van der Waals surface area contributed by atoms with Crippen molar-refractivity contribution in [3.05, 3.63) is 234 Å². The second kappa shape index (κ2) is 14.2. The van der Waals surface area contributed by atoms with E-state index in [9.17, 15) is 0 Å². The summed E-state index contributed by atoms with van der Waals surface area (Å²) in [7, 11) is 2.27. The zero-order valence-electron chi connectivity index (χ0n) is 35.2. The highest BCUT2D eigenvalue weighted by Crippen LogP contribution is 2.50. The molecule has 0 saturated heterocycles. The monoisotopic (exact) mass is 794 g/mol. The van der Waals surface area contributed by atoms with E-state index in [1.165, 1.54) is 104 Å². The molecule has 2 nitrogen and oxygen atoms in total. The molecule has 1 aliphatic carbocycles. The fourth-order valence-electron chi connectivity index (χ4n) is 10.8. The van der Waals surface area contributed by atoms with Crippen molar-refractivity contribution in [2.24, 2.45) is 0 Å². The SMILES string of the molecule is CN1C(c2ccc3c(c2)C(C)(C)c2ccccc2-3)C=C(c2cc(-c3cccc4c3ccc3ccccc34)ccc2-c2cccc3c2ccc2ccccc23)NC1c1ccccc1. The minimum Gasteiger partial charge on any atom is -0.366 e. The molecule has 2 unspecified atom stereocenters. The number of fused-ring (bicyclic) bond motifs is 9. The molecule has 0 fully saturated rings. The molecule has 1 N–H and O–H groups in total. The molecule has 0 spiro atoms. The maximum Gasteiger partial charge on any atom is 0.106 e. The minimum atomic E-state index is -0.0946. The lowest BCUT2D eigenvalue weighted by Gasteiger charge is -2.41. The Labute approximate surface area is 363 Å². The van der Waals surface area contributed by atoms with Gasteiger partial charge < -0.3 is 5.32 Å². The Morgan fingerprint density at radius 3 is 1.73 bits per heavy atom. The maximum absolute atomic E-state index is 4.13. The van der Waals surface area contributed by atoms with Crippen molar-refractivity contribution in [1.82, 2.24) is 10.2 Å². The Kier molecular flexibility index (Phi) is 8.36. The van der Waals surface area contributed by atoms with E-state index in [2.05, 4.69) is 237 Å². The van der Waals surface area contributed by atoms with Gasteiger partial charge >= 0.3 is 0 Å². The third-order valence-corrected chi connectivity index (χ3v) is 14.0. The number of nitrogens with one attached hydrogen (secondary N) is 1. The first-order valence-electron chi connectivity index (χ1n) is 21.9. The molecule has 0 amide bonds. The van der Waals surface area contributed by atoms with Crippen molar-refractivity contribution in [2.75, 3.05) is 7.05 Å². The van der Waals surface area contributed by atoms with Gasteiger partial charge in [0.2, 0.25) is 0 Å². The zero-order chi connectivity index (χ0) is 41.5. The summed E-state index contributed by atoms with van der Waals surface area (Å²) in [5, 5.41) is 14.2. The number of benzene rings is 10. The van der Waals surface area contributed by atoms with Crippen LogP contribution in [0.3, 0.4) is 0 Å². The molecule has 0 aromatic heterocycles. The summed E-state index contributed by atoms with van der Waals surface area (Å²) in [6.07, 6.45) is 2.41. The molecule has 1 aliphatic heterocycles. The first-order valence-corrected chi connectivity index (χ1v) is 21.9. The minimum absolute atomic E-state index is 0.00171. The van der Waals surface area contributed by atoms with Crippen molar-refractivity contribution in [3.63, 3.8) is 0 Å². The molecular formula is C60H46N2. The van der Waals surface area contributed by atoms with Gasteiger partial charge in [0.15, 0.2) is 0 Å². The van der Waals surface area contributed by atoms with Gasteiger partial charge in [-0.2, -0.15) is 0 Å². The van der Waals surface area contributed by atoms with Crippen molar-refractivity contribution >= 4 is 48.8 Å². The zero-order valence-corrected chi connectivity index (χ0v) is 35.2. The molecule has 2 aliphatic rings. The van der Waals surface area contributed by atoms with Gasteiger partial charge in [-0.3, -0.25) is 4.90 Å². The van der Waals surface area contributed by atoms with Gasteiger partial charge in [0.25, 0.3) is 0 Å². The molecule has 0 radical (unpaired) electrons. The average Bonchev–Trinajstić information content (AvgIpc) is 3.56. The highest BCUT2D eigenvalue weighted by atomic mass is 15.3. The standard InChI is InChI=1S/C60H46N2/c1-60(2)55-26-12-11-21-52(55)53-34-30-42(36-56(53)60)58-37-57(61-59(62(58)3)40-17-5-4-6-18-40)54-35-41(45-22-13-23-46-43-19-9-7-15-38(43)27-31-49(45)46)29-33-51(54)48-25-14-24-47-44-20-10-8-16-39(44)28-32-50(47)48/h4-37,58-59,61H,1-3H3. The first kappa shape index (κ1) is 36.6. The van der Waals surface area contributed by atoms with E-state index in [-0.39, 0.29) is 17.6 Å². The third-order valence-electron chi connectivity index (χ3n) is 14.0. The second-order valence-electron chi connectivity index (χ2n) is 17.8. The molecule has 296 valence electrons. The second-order valence-corrected chi connectivity index (χ2v) is 17.8. The van der Waals surface area contributed by atoms with E-state index in [0.29, 0.717) is 0 Å². The van der Waals surface area contributed by atoms with Crippen LogP contribution < -0.4 is 5.32 Å².